The average Bonchev–Trinajstić information content (AvgIpc) is 2.43. The summed E-state index contributed by atoms with van der Waals surface area (Å²) >= 11 is 1.89. The lowest BCUT2D eigenvalue weighted by Crippen LogP contribution is -2.46. The zero-order valence-electron chi connectivity index (χ0n) is 11.7. The third-order valence-corrected chi connectivity index (χ3v) is 4.31. The second-order valence-electron chi connectivity index (χ2n) is 5.26. The number of hydrogen-bond donors (Lipinski definition) is 1. The highest BCUT2D eigenvalue weighted by molar-refractivity contribution is 8.00. The Bertz CT molecular complexity index is 560. The van der Waals surface area contributed by atoms with Gasteiger partial charge in [0.25, 0.3) is 5.91 Å². The molecule has 1 aliphatic heterocycles. The number of amides is 1. The van der Waals surface area contributed by atoms with Crippen molar-refractivity contribution in [3.05, 3.63) is 29.6 Å². The molecule has 20 heavy (non-hydrogen) atoms. The highest BCUT2D eigenvalue weighted by Crippen LogP contribution is 2.30. The first-order chi connectivity index (χ1) is 9.52. The van der Waals surface area contributed by atoms with Crippen molar-refractivity contribution in [2.24, 2.45) is 0 Å². The topological polar surface area (TPSA) is 53.4 Å². The average molecular weight is 290 g/mol. The lowest BCUT2D eigenvalue weighted by molar-refractivity contribution is 0.0747. The minimum absolute atomic E-state index is 0.00137. The maximum absolute atomic E-state index is 12.5. The molecule has 0 radical (unpaired) electrons. The summed E-state index contributed by atoms with van der Waals surface area (Å²) in [7, 11) is 0. The predicted octanol–water partition coefficient (Wildman–Crippen LogP) is 1.39. The molecule has 1 aromatic rings. The standard InChI is InChI=1S/C15H18N2O2S/c1-15(2)11-17(5-7-20-15)14(19)13-8-12(4-3-6-18)9-16-10-13/h8-10,18H,5-7,11H2,1-2H3. The number of rotatable bonds is 1. The summed E-state index contributed by atoms with van der Waals surface area (Å²) in [5.74, 6) is 6.29. The van der Waals surface area contributed by atoms with E-state index in [4.69, 9.17) is 5.11 Å². The molecule has 0 unspecified atom stereocenters. The molecule has 0 saturated carbocycles. The summed E-state index contributed by atoms with van der Waals surface area (Å²) in [6, 6.07) is 1.73. The van der Waals surface area contributed by atoms with Gasteiger partial charge in [-0.15, -0.1) is 0 Å². The van der Waals surface area contributed by atoms with E-state index in [1.54, 1.807) is 18.5 Å². The monoisotopic (exact) mass is 290 g/mol. The van der Waals surface area contributed by atoms with Crippen LogP contribution in [-0.2, 0) is 0 Å². The summed E-state index contributed by atoms with van der Waals surface area (Å²) in [6.07, 6.45) is 3.16. The van der Waals surface area contributed by atoms with Crippen LogP contribution < -0.4 is 0 Å². The van der Waals surface area contributed by atoms with Crippen molar-refractivity contribution >= 4 is 17.7 Å². The van der Waals surface area contributed by atoms with Crippen molar-refractivity contribution in [1.29, 1.82) is 0 Å². The lowest BCUT2D eigenvalue weighted by Gasteiger charge is -2.37. The number of aliphatic hydroxyl groups is 1. The maximum atomic E-state index is 12.5. The van der Waals surface area contributed by atoms with E-state index >= 15 is 0 Å². The van der Waals surface area contributed by atoms with Crippen LogP contribution in [0.25, 0.3) is 0 Å². The molecular weight excluding hydrogens is 272 g/mol. The van der Waals surface area contributed by atoms with Gasteiger partial charge in [0.1, 0.15) is 6.61 Å². The molecule has 0 spiro atoms. The van der Waals surface area contributed by atoms with Gasteiger partial charge >= 0.3 is 0 Å². The first-order valence-electron chi connectivity index (χ1n) is 6.50. The second-order valence-corrected chi connectivity index (χ2v) is 7.06. The van der Waals surface area contributed by atoms with E-state index in [1.165, 1.54) is 0 Å². The summed E-state index contributed by atoms with van der Waals surface area (Å²) in [5, 5.41) is 8.70. The predicted molar refractivity (Wildman–Crippen MR) is 80.6 cm³/mol. The van der Waals surface area contributed by atoms with Gasteiger partial charge in [-0.3, -0.25) is 9.78 Å². The third kappa shape index (κ3) is 3.75. The molecule has 1 aromatic heterocycles. The van der Waals surface area contributed by atoms with Gasteiger partial charge < -0.3 is 10.0 Å². The van der Waals surface area contributed by atoms with E-state index in [-0.39, 0.29) is 17.3 Å². The number of carbonyl (C=O) groups excluding carboxylic acids is 1. The molecule has 2 heterocycles. The molecule has 1 saturated heterocycles. The first kappa shape index (κ1) is 14.9. The van der Waals surface area contributed by atoms with Crippen molar-refractivity contribution in [3.8, 4) is 11.8 Å². The van der Waals surface area contributed by atoms with E-state index in [9.17, 15) is 4.79 Å². The van der Waals surface area contributed by atoms with Gasteiger partial charge in [-0.1, -0.05) is 11.8 Å². The zero-order valence-corrected chi connectivity index (χ0v) is 12.5. The van der Waals surface area contributed by atoms with Crippen LogP contribution in [-0.4, -0.2) is 51.1 Å². The molecule has 0 aromatic carbocycles. The number of pyridine rings is 1. The largest absolute Gasteiger partial charge is 0.384 e. The minimum atomic E-state index is -0.199. The zero-order chi connectivity index (χ0) is 14.6. The maximum Gasteiger partial charge on any atom is 0.255 e. The van der Waals surface area contributed by atoms with E-state index in [1.807, 2.05) is 16.7 Å². The molecular formula is C15H18N2O2S. The van der Waals surface area contributed by atoms with Crippen LogP contribution in [0.5, 0.6) is 0 Å². The molecule has 1 fully saturated rings. The molecule has 2 rings (SSSR count). The second kappa shape index (κ2) is 6.29. The summed E-state index contributed by atoms with van der Waals surface area (Å²) in [4.78, 5) is 18.4. The van der Waals surface area contributed by atoms with E-state index in [0.717, 1.165) is 18.8 Å². The van der Waals surface area contributed by atoms with E-state index in [2.05, 4.69) is 30.7 Å². The van der Waals surface area contributed by atoms with Gasteiger partial charge in [0.05, 0.1) is 5.56 Å². The molecule has 106 valence electrons. The smallest absolute Gasteiger partial charge is 0.255 e. The van der Waals surface area contributed by atoms with Crippen molar-refractivity contribution < 1.29 is 9.90 Å². The molecule has 4 nitrogen and oxygen atoms in total. The van der Waals surface area contributed by atoms with Crippen LogP contribution in [0.2, 0.25) is 0 Å². The van der Waals surface area contributed by atoms with Gasteiger partial charge in [-0.25, -0.2) is 0 Å². The Hall–Kier alpha value is -1.51. The fourth-order valence-corrected chi connectivity index (χ4v) is 3.25. The molecule has 5 heteroatoms. The first-order valence-corrected chi connectivity index (χ1v) is 7.48. The Balaban J connectivity index is 2.16. The molecule has 1 amide bonds. The van der Waals surface area contributed by atoms with Crippen molar-refractivity contribution in [3.63, 3.8) is 0 Å². The van der Waals surface area contributed by atoms with Gasteiger partial charge in [0.2, 0.25) is 0 Å². The summed E-state index contributed by atoms with van der Waals surface area (Å²) in [6.45, 7) is 5.61. The van der Waals surface area contributed by atoms with Crippen molar-refractivity contribution in [2.45, 2.75) is 18.6 Å². The van der Waals surface area contributed by atoms with Crippen LogP contribution in [0.15, 0.2) is 18.5 Å². The SMILES string of the molecule is CC1(C)CN(C(=O)c2cncc(C#CCO)c2)CCS1. The van der Waals surface area contributed by atoms with Gasteiger partial charge in [-0.05, 0) is 19.9 Å². The van der Waals surface area contributed by atoms with Crippen LogP contribution in [0, 0.1) is 11.8 Å². The molecule has 0 aliphatic carbocycles. The van der Waals surface area contributed by atoms with Crippen LogP contribution in [0.1, 0.15) is 29.8 Å². The Morgan fingerprint density at radius 3 is 3.05 bits per heavy atom. The molecule has 0 bridgehead atoms. The Morgan fingerprint density at radius 1 is 1.55 bits per heavy atom. The number of hydrogen-bond acceptors (Lipinski definition) is 4. The Kier molecular flexibility index (Phi) is 4.69. The summed E-state index contributed by atoms with van der Waals surface area (Å²) in [5.41, 5.74) is 1.20. The number of aliphatic hydroxyl groups excluding tert-OH is 1. The van der Waals surface area contributed by atoms with Gasteiger partial charge in [0, 0.05) is 41.5 Å². The lowest BCUT2D eigenvalue weighted by atomic mass is 10.1. The Labute approximate surface area is 123 Å². The molecule has 1 N–H and O–H groups in total. The normalized spacial score (nSPS) is 17.2. The number of carbonyl (C=O) groups is 1. The fourth-order valence-electron chi connectivity index (χ4n) is 2.14. The number of aromatic nitrogens is 1. The summed E-state index contributed by atoms with van der Waals surface area (Å²) < 4.78 is 0.0929. The van der Waals surface area contributed by atoms with E-state index in [0.29, 0.717) is 11.1 Å². The highest BCUT2D eigenvalue weighted by atomic mass is 32.2. The van der Waals surface area contributed by atoms with E-state index < -0.39 is 0 Å². The minimum Gasteiger partial charge on any atom is -0.384 e. The van der Waals surface area contributed by atoms with Gasteiger partial charge in [0.15, 0.2) is 0 Å². The quantitative estimate of drug-likeness (QED) is 0.794. The third-order valence-electron chi connectivity index (χ3n) is 3.01. The van der Waals surface area contributed by atoms with Crippen LogP contribution in [0.3, 0.4) is 0 Å². The van der Waals surface area contributed by atoms with Crippen molar-refractivity contribution in [2.75, 3.05) is 25.4 Å². The van der Waals surface area contributed by atoms with Crippen LogP contribution in [0.4, 0.5) is 0 Å². The van der Waals surface area contributed by atoms with Crippen molar-refractivity contribution in [1.82, 2.24) is 9.88 Å². The Morgan fingerprint density at radius 2 is 2.35 bits per heavy atom. The number of nitrogens with zero attached hydrogens (tertiary/aromatic N) is 2. The molecule has 0 atom stereocenters. The number of thioether (sulfide) groups is 1. The van der Waals surface area contributed by atoms with Gasteiger partial charge in [-0.2, -0.15) is 11.8 Å². The fraction of sp³-hybridized carbons (Fsp3) is 0.467. The highest BCUT2D eigenvalue weighted by Gasteiger charge is 2.30. The molecule has 1 aliphatic rings. The van der Waals surface area contributed by atoms with Crippen LogP contribution >= 0.6 is 11.8 Å².